The van der Waals surface area contributed by atoms with Crippen molar-refractivity contribution in [2.24, 2.45) is 0 Å². The minimum absolute atomic E-state index is 0.0476. The smallest absolute Gasteiger partial charge is 0.321 e. The maximum absolute atomic E-state index is 12.0. The molecular weight excluding hydrogens is 244 g/mol. The van der Waals surface area contributed by atoms with Gasteiger partial charge in [0.15, 0.2) is 0 Å². The van der Waals surface area contributed by atoms with Crippen molar-refractivity contribution in [3.8, 4) is 0 Å². The number of aryl methyl sites for hydroxylation is 1. The van der Waals surface area contributed by atoms with E-state index >= 15 is 0 Å². The molecule has 0 atom stereocenters. The van der Waals surface area contributed by atoms with E-state index in [1.807, 2.05) is 39.0 Å². The van der Waals surface area contributed by atoms with Crippen LogP contribution < -0.4 is 5.32 Å². The van der Waals surface area contributed by atoms with Crippen LogP contribution in [0.15, 0.2) is 18.2 Å². The molecule has 5 heteroatoms. The van der Waals surface area contributed by atoms with Gasteiger partial charge >= 0.3 is 12.0 Å². The van der Waals surface area contributed by atoms with E-state index in [9.17, 15) is 9.59 Å². The van der Waals surface area contributed by atoms with Gasteiger partial charge in [-0.05, 0) is 38.0 Å². The van der Waals surface area contributed by atoms with Crippen LogP contribution in [0, 0.1) is 13.8 Å². The molecule has 2 amide bonds. The van der Waals surface area contributed by atoms with Crippen molar-refractivity contribution in [3.05, 3.63) is 29.3 Å². The Morgan fingerprint density at radius 1 is 1.32 bits per heavy atom. The highest BCUT2D eigenvalue weighted by Gasteiger charge is 2.14. The average Bonchev–Trinajstić information content (AvgIpc) is 2.35. The summed E-state index contributed by atoms with van der Waals surface area (Å²) in [5, 5.41) is 11.5. The van der Waals surface area contributed by atoms with Gasteiger partial charge in [0.2, 0.25) is 0 Å². The SMILES string of the molecule is CCN(CCC(=O)O)C(=O)Nc1cccc(C)c1C. The number of amides is 2. The Morgan fingerprint density at radius 3 is 2.58 bits per heavy atom. The molecule has 0 aliphatic rings. The number of hydrogen-bond acceptors (Lipinski definition) is 2. The number of nitrogens with zero attached hydrogens (tertiary/aromatic N) is 1. The van der Waals surface area contributed by atoms with Gasteiger partial charge in [0, 0.05) is 18.8 Å². The van der Waals surface area contributed by atoms with Crippen LogP contribution in [0.5, 0.6) is 0 Å². The lowest BCUT2D eigenvalue weighted by Gasteiger charge is -2.21. The zero-order chi connectivity index (χ0) is 14.4. The van der Waals surface area contributed by atoms with E-state index in [2.05, 4.69) is 5.32 Å². The van der Waals surface area contributed by atoms with Gasteiger partial charge in [0.25, 0.3) is 0 Å². The van der Waals surface area contributed by atoms with E-state index in [1.165, 1.54) is 4.90 Å². The van der Waals surface area contributed by atoms with Crippen LogP contribution in [0.3, 0.4) is 0 Å². The Kier molecular flexibility index (Phi) is 5.36. The first-order valence-electron chi connectivity index (χ1n) is 6.29. The van der Waals surface area contributed by atoms with Crippen molar-refractivity contribution in [2.45, 2.75) is 27.2 Å². The van der Waals surface area contributed by atoms with E-state index in [-0.39, 0.29) is 19.0 Å². The second-order valence-electron chi connectivity index (χ2n) is 4.40. The third-order valence-corrected chi connectivity index (χ3v) is 3.11. The fourth-order valence-electron chi connectivity index (χ4n) is 1.71. The van der Waals surface area contributed by atoms with Crippen LogP contribution in [-0.4, -0.2) is 35.1 Å². The Balaban J connectivity index is 2.71. The van der Waals surface area contributed by atoms with Gasteiger partial charge in [-0.25, -0.2) is 4.79 Å². The number of hydrogen-bond donors (Lipinski definition) is 2. The third kappa shape index (κ3) is 4.28. The number of carboxylic acid groups (broad SMARTS) is 1. The first-order chi connectivity index (χ1) is 8.95. The van der Waals surface area contributed by atoms with E-state index < -0.39 is 5.97 Å². The maximum Gasteiger partial charge on any atom is 0.321 e. The van der Waals surface area contributed by atoms with Gasteiger partial charge in [-0.3, -0.25) is 4.79 Å². The summed E-state index contributed by atoms with van der Waals surface area (Å²) in [6.45, 7) is 6.43. The number of urea groups is 1. The van der Waals surface area contributed by atoms with Crippen LogP contribution in [0.25, 0.3) is 0 Å². The fraction of sp³-hybridized carbons (Fsp3) is 0.429. The van der Waals surface area contributed by atoms with Crippen molar-refractivity contribution in [3.63, 3.8) is 0 Å². The van der Waals surface area contributed by atoms with Crippen molar-refractivity contribution in [2.75, 3.05) is 18.4 Å². The van der Waals surface area contributed by atoms with E-state index in [0.717, 1.165) is 16.8 Å². The number of nitrogens with one attached hydrogen (secondary N) is 1. The van der Waals surface area contributed by atoms with Gasteiger partial charge in [-0.1, -0.05) is 12.1 Å². The van der Waals surface area contributed by atoms with Crippen molar-refractivity contribution < 1.29 is 14.7 Å². The molecule has 0 aromatic heterocycles. The minimum atomic E-state index is -0.905. The van der Waals surface area contributed by atoms with Crippen LogP contribution in [0.2, 0.25) is 0 Å². The summed E-state index contributed by atoms with van der Waals surface area (Å²) in [6.07, 6.45) is -0.0476. The Bertz CT molecular complexity index is 472. The summed E-state index contributed by atoms with van der Waals surface area (Å²) in [5.41, 5.74) is 2.88. The Hall–Kier alpha value is -2.04. The van der Waals surface area contributed by atoms with Crippen LogP contribution in [0.1, 0.15) is 24.5 Å². The first-order valence-corrected chi connectivity index (χ1v) is 6.29. The second kappa shape index (κ2) is 6.78. The van der Waals surface area contributed by atoms with Crippen LogP contribution >= 0.6 is 0 Å². The molecule has 1 aromatic rings. The maximum atomic E-state index is 12.0. The van der Waals surface area contributed by atoms with Crippen LogP contribution in [-0.2, 0) is 4.79 Å². The van der Waals surface area contributed by atoms with Gasteiger partial charge < -0.3 is 15.3 Å². The number of benzene rings is 1. The number of aliphatic carboxylic acids is 1. The summed E-state index contributed by atoms with van der Waals surface area (Å²) in [6, 6.07) is 5.43. The molecule has 0 heterocycles. The second-order valence-corrected chi connectivity index (χ2v) is 4.40. The average molecular weight is 264 g/mol. The highest BCUT2D eigenvalue weighted by Crippen LogP contribution is 2.18. The number of anilines is 1. The molecule has 0 radical (unpaired) electrons. The summed E-state index contributed by atoms with van der Waals surface area (Å²) < 4.78 is 0. The van der Waals surface area contributed by atoms with Crippen LogP contribution in [0.4, 0.5) is 10.5 Å². The fourth-order valence-corrected chi connectivity index (χ4v) is 1.71. The largest absolute Gasteiger partial charge is 0.481 e. The Labute approximate surface area is 113 Å². The number of carbonyl (C=O) groups excluding carboxylic acids is 1. The molecule has 2 N–H and O–H groups in total. The minimum Gasteiger partial charge on any atom is -0.481 e. The quantitative estimate of drug-likeness (QED) is 0.859. The third-order valence-electron chi connectivity index (χ3n) is 3.11. The zero-order valence-electron chi connectivity index (χ0n) is 11.6. The molecule has 19 heavy (non-hydrogen) atoms. The molecule has 0 saturated carbocycles. The molecule has 5 nitrogen and oxygen atoms in total. The molecular formula is C14H20N2O3. The van der Waals surface area contributed by atoms with Crippen molar-refractivity contribution >= 4 is 17.7 Å². The normalized spacial score (nSPS) is 10.1. The predicted molar refractivity (Wildman–Crippen MR) is 74.4 cm³/mol. The summed E-state index contributed by atoms with van der Waals surface area (Å²) in [5.74, 6) is -0.905. The van der Waals surface area contributed by atoms with Gasteiger partial charge in [0.05, 0.1) is 6.42 Å². The molecule has 104 valence electrons. The van der Waals surface area contributed by atoms with E-state index in [1.54, 1.807) is 0 Å². The molecule has 1 aromatic carbocycles. The number of carbonyl (C=O) groups is 2. The Morgan fingerprint density at radius 2 is 2.00 bits per heavy atom. The first kappa shape index (κ1) is 15.0. The molecule has 0 unspecified atom stereocenters. The molecule has 0 fully saturated rings. The molecule has 0 aliphatic carbocycles. The molecule has 0 saturated heterocycles. The van der Waals surface area contributed by atoms with Gasteiger partial charge in [-0.2, -0.15) is 0 Å². The monoisotopic (exact) mass is 264 g/mol. The lowest BCUT2D eigenvalue weighted by molar-refractivity contribution is -0.137. The summed E-state index contributed by atoms with van der Waals surface area (Å²) in [4.78, 5) is 24.1. The highest BCUT2D eigenvalue weighted by molar-refractivity contribution is 5.90. The molecule has 0 aliphatic heterocycles. The molecule has 1 rings (SSSR count). The van der Waals surface area contributed by atoms with E-state index in [4.69, 9.17) is 5.11 Å². The standard InChI is InChI=1S/C14H20N2O3/c1-4-16(9-8-13(17)18)14(19)15-12-7-5-6-10(2)11(12)3/h5-7H,4,8-9H2,1-3H3,(H,15,19)(H,17,18). The van der Waals surface area contributed by atoms with E-state index in [0.29, 0.717) is 6.54 Å². The summed E-state index contributed by atoms with van der Waals surface area (Å²) >= 11 is 0. The number of rotatable bonds is 5. The summed E-state index contributed by atoms with van der Waals surface area (Å²) in [7, 11) is 0. The molecule has 0 spiro atoms. The van der Waals surface area contributed by atoms with Gasteiger partial charge in [0.1, 0.15) is 0 Å². The van der Waals surface area contributed by atoms with Gasteiger partial charge in [-0.15, -0.1) is 0 Å². The topological polar surface area (TPSA) is 69.6 Å². The zero-order valence-corrected chi connectivity index (χ0v) is 11.6. The highest BCUT2D eigenvalue weighted by atomic mass is 16.4. The predicted octanol–water partition coefficient (Wildman–Crippen LogP) is 2.63. The lowest BCUT2D eigenvalue weighted by Crippen LogP contribution is -2.36. The lowest BCUT2D eigenvalue weighted by atomic mass is 10.1. The van der Waals surface area contributed by atoms with Crippen molar-refractivity contribution in [1.29, 1.82) is 0 Å². The number of carboxylic acids is 1. The van der Waals surface area contributed by atoms with Crippen molar-refractivity contribution in [1.82, 2.24) is 4.90 Å². The molecule has 0 bridgehead atoms.